The van der Waals surface area contributed by atoms with Gasteiger partial charge in [-0.15, -0.1) is 12.4 Å². The van der Waals surface area contributed by atoms with E-state index < -0.39 is 11.8 Å². The summed E-state index contributed by atoms with van der Waals surface area (Å²) in [5.41, 5.74) is 7.93. The van der Waals surface area contributed by atoms with Crippen LogP contribution in [0.4, 0.5) is 4.39 Å². The van der Waals surface area contributed by atoms with E-state index in [2.05, 4.69) is 0 Å². The number of hydrogen-bond acceptors (Lipinski definition) is 2. The molecule has 0 aliphatic heterocycles. The van der Waals surface area contributed by atoms with Crippen LogP contribution >= 0.6 is 12.4 Å². The van der Waals surface area contributed by atoms with E-state index in [1.807, 2.05) is 30.3 Å². The fourth-order valence-corrected chi connectivity index (χ4v) is 2.87. The minimum atomic E-state index is -1.10. The highest BCUT2D eigenvalue weighted by atomic mass is 35.5. The molecular formula is C19H18ClFN2O2. The highest BCUT2D eigenvalue weighted by Gasteiger charge is 2.23. The molecule has 0 fully saturated rings. The smallest absolute Gasteiger partial charge is 0.337 e. The Morgan fingerprint density at radius 1 is 1.08 bits per heavy atom. The van der Waals surface area contributed by atoms with Crippen LogP contribution in [0, 0.1) is 5.82 Å². The molecule has 1 aromatic heterocycles. The van der Waals surface area contributed by atoms with Crippen LogP contribution in [-0.2, 0) is 6.54 Å². The SMILES string of the molecule is Cl.NCCn1c(-c2ccccc2)cc(C(=O)O)c1-c1ccccc1F. The molecular weight excluding hydrogens is 343 g/mol. The number of benzene rings is 2. The molecule has 0 radical (unpaired) electrons. The first kappa shape index (κ1) is 18.7. The molecule has 0 saturated carbocycles. The van der Waals surface area contributed by atoms with E-state index >= 15 is 0 Å². The summed E-state index contributed by atoms with van der Waals surface area (Å²) in [5, 5.41) is 9.60. The summed E-state index contributed by atoms with van der Waals surface area (Å²) in [6, 6.07) is 17.2. The Bertz CT molecular complexity index is 878. The van der Waals surface area contributed by atoms with Gasteiger partial charge in [0.05, 0.1) is 11.3 Å². The van der Waals surface area contributed by atoms with Crippen LogP contribution < -0.4 is 5.73 Å². The summed E-state index contributed by atoms with van der Waals surface area (Å²) in [6.45, 7) is 0.705. The molecule has 0 bridgehead atoms. The fourth-order valence-electron chi connectivity index (χ4n) is 2.87. The molecule has 130 valence electrons. The molecule has 0 unspecified atom stereocenters. The lowest BCUT2D eigenvalue weighted by atomic mass is 10.1. The fraction of sp³-hybridized carbons (Fsp3) is 0.105. The molecule has 25 heavy (non-hydrogen) atoms. The first-order chi connectivity index (χ1) is 11.6. The van der Waals surface area contributed by atoms with E-state index in [0.717, 1.165) is 5.56 Å². The van der Waals surface area contributed by atoms with Gasteiger partial charge in [-0.1, -0.05) is 42.5 Å². The lowest BCUT2D eigenvalue weighted by Gasteiger charge is -2.14. The van der Waals surface area contributed by atoms with Crippen molar-refractivity contribution in [1.29, 1.82) is 0 Å². The second-order valence-corrected chi connectivity index (χ2v) is 5.38. The Morgan fingerprint density at radius 2 is 1.72 bits per heavy atom. The summed E-state index contributed by atoms with van der Waals surface area (Å²) in [6.07, 6.45) is 0. The van der Waals surface area contributed by atoms with E-state index in [-0.39, 0.29) is 23.5 Å². The van der Waals surface area contributed by atoms with Crippen molar-refractivity contribution in [3.8, 4) is 22.5 Å². The number of hydrogen-bond donors (Lipinski definition) is 2. The van der Waals surface area contributed by atoms with Crippen LogP contribution in [0.15, 0.2) is 60.7 Å². The highest BCUT2D eigenvalue weighted by molar-refractivity contribution is 5.97. The number of carbonyl (C=O) groups is 1. The zero-order valence-electron chi connectivity index (χ0n) is 13.4. The van der Waals surface area contributed by atoms with Gasteiger partial charge in [0.1, 0.15) is 5.82 Å². The zero-order valence-corrected chi connectivity index (χ0v) is 14.2. The maximum absolute atomic E-state index is 14.3. The minimum Gasteiger partial charge on any atom is -0.478 e. The number of nitrogens with zero attached hydrogens (tertiary/aromatic N) is 1. The van der Waals surface area contributed by atoms with E-state index in [0.29, 0.717) is 24.5 Å². The second-order valence-electron chi connectivity index (χ2n) is 5.38. The average Bonchev–Trinajstić information content (AvgIpc) is 2.96. The Morgan fingerprint density at radius 3 is 2.32 bits per heavy atom. The van der Waals surface area contributed by atoms with Crippen LogP contribution in [0.3, 0.4) is 0 Å². The molecule has 4 nitrogen and oxygen atoms in total. The number of aromatic nitrogens is 1. The number of aromatic carboxylic acids is 1. The van der Waals surface area contributed by atoms with Gasteiger partial charge in [-0.25, -0.2) is 9.18 Å². The van der Waals surface area contributed by atoms with Crippen molar-refractivity contribution < 1.29 is 14.3 Å². The first-order valence-corrected chi connectivity index (χ1v) is 7.60. The largest absolute Gasteiger partial charge is 0.478 e. The van der Waals surface area contributed by atoms with Crippen molar-refractivity contribution in [2.45, 2.75) is 6.54 Å². The topological polar surface area (TPSA) is 68.2 Å². The van der Waals surface area contributed by atoms with E-state index in [1.165, 1.54) is 6.07 Å². The number of rotatable bonds is 5. The number of halogens is 2. The zero-order chi connectivity index (χ0) is 17.1. The number of carboxylic acids is 1. The standard InChI is InChI=1S/C19H17FN2O2.ClH/c20-16-9-5-4-8-14(16)18-15(19(23)24)12-17(22(18)11-10-21)13-6-2-1-3-7-13;/h1-9,12H,10-11,21H2,(H,23,24);1H. The predicted molar refractivity (Wildman–Crippen MR) is 98.5 cm³/mol. The summed E-state index contributed by atoms with van der Waals surface area (Å²) < 4.78 is 16.1. The van der Waals surface area contributed by atoms with E-state index in [1.54, 1.807) is 28.8 Å². The normalized spacial score (nSPS) is 10.3. The molecule has 2 aromatic carbocycles. The summed E-state index contributed by atoms with van der Waals surface area (Å²) in [7, 11) is 0. The van der Waals surface area contributed by atoms with Gasteiger partial charge >= 0.3 is 5.97 Å². The third-order valence-corrected chi connectivity index (χ3v) is 3.88. The van der Waals surface area contributed by atoms with E-state index in [9.17, 15) is 14.3 Å². The molecule has 3 rings (SSSR count). The Kier molecular flexibility index (Phi) is 5.96. The molecule has 6 heteroatoms. The van der Waals surface area contributed by atoms with Crippen molar-refractivity contribution in [3.63, 3.8) is 0 Å². The average molecular weight is 361 g/mol. The highest BCUT2D eigenvalue weighted by Crippen LogP contribution is 2.34. The molecule has 0 aliphatic rings. The van der Waals surface area contributed by atoms with Crippen LogP contribution in [0.1, 0.15) is 10.4 Å². The van der Waals surface area contributed by atoms with Crippen molar-refractivity contribution in [3.05, 3.63) is 72.0 Å². The predicted octanol–water partition coefficient (Wildman–Crippen LogP) is 4.04. The molecule has 0 amide bonds. The third kappa shape index (κ3) is 3.57. The Balaban J connectivity index is 0.00000225. The van der Waals surface area contributed by atoms with Crippen LogP contribution in [-0.4, -0.2) is 22.2 Å². The van der Waals surface area contributed by atoms with Crippen molar-refractivity contribution in [2.24, 2.45) is 5.73 Å². The second kappa shape index (κ2) is 7.96. The molecule has 3 N–H and O–H groups in total. The van der Waals surface area contributed by atoms with Crippen LogP contribution in [0.2, 0.25) is 0 Å². The monoisotopic (exact) mass is 360 g/mol. The Labute approximate surface area is 151 Å². The van der Waals surface area contributed by atoms with Gasteiger partial charge < -0.3 is 15.4 Å². The maximum atomic E-state index is 14.3. The van der Waals surface area contributed by atoms with Crippen LogP contribution in [0.5, 0.6) is 0 Å². The lowest BCUT2D eigenvalue weighted by Crippen LogP contribution is -2.13. The molecule has 3 aromatic rings. The van der Waals surface area contributed by atoms with Gasteiger partial charge in [0.15, 0.2) is 0 Å². The van der Waals surface area contributed by atoms with Crippen molar-refractivity contribution in [2.75, 3.05) is 6.54 Å². The van der Waals surface area contributed by atoms with Gasteiger partial charge in [-0.05, 0) is 23.8 Å². The number of carboxylic acid groups (broad SMARTS) is 1. The summed E-state index contributed by atoms with van der Waals surface area (Å²) >= 11 is 0. The molecule has 0 spiro atoms. The molecule has 0 aliphatic carbocycles. The summed E-state index contributed by atoms with van der Waals surface area (Å²) in [5.74, 6) is -1.56. The van der Waals surface area contributed by atoms with Gasteiger partial charge in [0.2, 0.25) is 0 Å². The van der Waals surface area contributed by atoms with Gasteiger partial charge in [-0.3, -0.25) is 0 Å². The molecule has 0 saturated heterocycles. The third-order valence-electron chi connectivity index (χ3n) is 3.88. The van der Waals surface area contributed by atoms with E-state index in [4.69, 9.17) is 5.73 Å². The van der Waals surface area contributed by atoms with Gasteiger partial charge in [-0.2, -0.15) is 0 Å². The van der Waals surface area contributed by atoms with Crippen molar-refractivity contribution >= 4 is 18.4 Å². The number of nitrogens with two attached hydrogens (primary N) is 1. The van der Waals surface area contributed by atoms with Gasteiger partial charge in [0.25, 0.3) is 0 Å². The Hall–Kier alpha value is -2.63. The van der Waals surface area contributed by atoms with Gasteiger partial charge in [0, 0.05) is 24.3 Å². The quantitative estimate of drug-likeness (QED) is 0.721. The first-order valence-electron chi connectivity index (χ1n) is 7.60. The van der Waals surface area contributed by atoms with Crippen LogP contribution in [0.25, 0.3) is 22.5 Å². The molecule has 0 atom stereocenters. The lowest BCUT2D eigenvalue weighted by molar-refractivity contribution is 0.0697. The maximum Gasteiger partial charge on any atom is 0.337 e. The molecule has 1 heterocycles. The van der Waals surface area contributed by atoms with Crippen molar-refractivity contribution in [1.82, 2.24) is 4.57 Å². The summed E-state index contributed by atoms with van der Waals surface area (Å²) in [4.78, 5) is 11.7. The minimum absolute atomic E-state index is 0.